The normalized spacial score (nSPS) is 14.6. The molecule has 0 bridgehead atoms. The van der Waals surface area contributed by atoms with Crippen LogP contribution in [0.4, 0.5) is 14.9 Å². The molecule has 7 heteroatoms. The van der Waals surface area contributed by atoms with Gasteiger partial charge in [-0.15, -0.1) is 0 Å². The van der Waals surface area contributed by atoms with Crippen molar-refractivity contribution in [2.75, 3.05) is 25.5 Å². The van der Waals surface area contributed by atoms with E-state index in [0.29, 0.717) is 54.0 Å². The number of ether oxygens (including phenoxy) is 2. The van der Waals surface area contributed by atoms with Gasteiger partial charge in [-0.05, 0) is 36.4 Å². The summed E-state index contributed by atoms with van der Waals surface area (Å²) in [4.78, 5) is 18.5. The highest BCUT2D eigenvalue weighted by molar-refractivity contribution is 5.89. The maximum absolute atomic E-state index is 13.6. The van der Waals surface area contributed by atoms with Crippen LogP contribution in [-0.4, -0.2) is 42.2 Å². The predicted molar refractivity (Wildman–Crippen MR) is 109 cm³/mol. The molecule has 0 atom stereocenters. The minimum absolute atomic E-state index is 0.0373. The number of fused-ring (bicyclic) bond motifs is 1. The SMILES string of the molecule is COc1cccc(NC(=O)N2CCC(Oc3ccnc4ccc(F)cc34)CC2)c1. The number of piperidine rings is 1. The summed E-state index contributed by atoms with van der Waals surface area (Å²) in [5, 5.41) is 3.56. The Hall–Kier alpha value is -3.35. The van der Waals surface area contributed by atoms with Crippen molar-refractivity contribution in [3.05, 3.63) is 60.5 Å². The first-order valence-electron chi connectivity index (χ1n) is 9.53. The Bertz CT molecular complexity index is 1020. The molecule has 0 radical (unpaired) electrons. The fraction of sp³-hybridized carbons (Fsp3) is 0.273. The van der Waals surface area contributed by atoms with E-state index in [1.807, 2.05) is 18.2 Å². The molecule has 1 saturated heterocycles. The largest absolute Gasteiger partial charge is 0.497 e. The van der Waals surface area contributed by atoms with Gasteiger partial charge in [0, 0.05) is 49.3 Å². The van der Waals surface area contributed by atoms with Gasteiger partial charge in [-0.25, -0.2) is 9.18 Å². The van der Waals surface area contributed by atoms with Crippen molar-refractivity contribution in [1.29, 1.82) is 0 Å². The first-order valence-corrected chi connectivity index (χ1v) is 9.53. The quantitative estimate of drug-likeness (QED) is 0.709. The second kappa shape index (κ2) is 8.34. The summed E-state index contributed by atoms with van der Waals surface area (Å²) in [5.41, 5.74) is 1.39. The molecular weight excluding hydrogens is 373 g/mol. The van der Waals surface area contributed by atoms with Crippen molar-refractivity contribution >= 4 is 22.6 Å². The number of methoxy groups -OCH3 is 1. The Morgan fingerprint density at radius 1 is 1.17 bits per heavy atom. The van der Waals surface area contributed by atoms with Crippen LogP contribution in [0.3, 0.4) is 0 Å². The minimum atomic E-state index is -0.320. The van der Waals surface area contributed by atoms with Crippen LogP contribution in [0.15, 0.2) is 54.7 Å². The van der Waals surface area contributed by atoms with E-state index in [1.54, 1.807) is 36.4 Å². The molecule has 0 unspecified atom stereocenters. The molecule has 0 saturated carbocycles. The Labute approximate surface area is 168 Å². The standard InChI is InChI=1S/C22H22FN3O3/c1-28-18-4-2-3-16(14-18)25-22(27)26-11-8-17(9-12-26)29-21-7-10-24-20-6-5-15(23)13-19(20)21/h2-7,10,13-14,17H,8-9,11-12H2,1H3,(H,25,27). The number of aromatic nitrogens is 1. The molecule has 0 spiro atoms. The molecule has 29 heavy (non-hydrogen) atoms. The summed E-state index contributed by atoms with van der Waals surface area (Å²) in [5.74, 6) is 0.990. The molecule has 150 valence electrons. The van der Waals surface area contributed by atoms with Gasteiger partial charge >= 0.3 is 6.03 Å². The number of nitrogens with one attached hydrogen (secondary N) is 1. The maximum atomic E-state index is 13.6. The molecule has 1 aliphatic heterocycles. The van der Waals surface area contributed by atoms with E-state index in [1.165, 1.54) is 12.1 Å². The number of pyridine rings is 1. The molecule has 6 nitrogen and oxygen atoms in total. The lowest BCUT2D eigenvalue weighted by Crippen LogP contribution is -2.43. The molecule has 1 aliphatic rings. The number of anilines is 1. The summed E-state index contributed by atoms with van der Waals surface area (Å²) in [7, 11) is 1.59. The lowest BCUT2D eigenvalue weighted by atomic mass is 10.1. The number of benzene rings is 2. The van der Waals surface area contributed by atoms with Gasteiger partial charge in [0.05, 0.1) is 12.6 Å². The van der Waals surface area contributed by atoms with Crippen molar-refractivity contribution < 1.29 is 18.7 Å². The Balaban J connectivity index is 1.36. The number of rotatable bonds is 4. The highest BCUT2D eigenvalue weighted by Crippen LogP contribution is 2.28. The van der Waals surface area contributed by atoms with E-state index in [4.69, 9.17) is 9.47 Å². The second-order valence-electron chi connectivity index (χ2n) is 6.94. The molecule has 1 aromatic heterocycles. The number of amides is 2. The monoisotopic (exact) mass is 395 g/mol. The molecule has 2 heterocycles. The average molecular weight is 395 g/mol. The van der Waals surface area contributed by atoms with E-state index < -0.39 is 0 Å². The van der Waals surface area contributed by atoms with Crippen LogP contribution in [0.2, 0.25) is 0 Å². The third-order valence-corrected chi connectivity index (χ3v) is 5.01. The summed E-state index contributed by atoms with van der Waals surface area (Å²) >= 11 is 0. The van der Waals surface area contributed by atoms with Crippen molar-refractivity contribution in [3.63, 3.8) is 0 Å². The van der Waals surface area contributed by atoms with Crippen LogP contribution in [0.25, 0.3) is 10.9 Å². The molecule has 3 aromatic rings. The van der Waals surface area contributed by atoms with Gasteiger partial charge < -0.3 is 19.7 Å². The van der Waals surface area contributed by atoms with Crippen LogP contribution < -0.4 is 14.8 Å². The van der Waals surface area contributed by atoms with Crippen LogP contribution in [0, 0.1) is 5.82 Å². The minimum Gasteiger partial charge on any atom is -0.497 e. The molecule has 2 amide bonds. The Morgan fingerprint density at radius 3 is 2.79 bits per heavy atom. The number of carbonyl (C=O) groups is 1. The van der Waals surface area contributed by atoms with Crippen LogP contribution >= 0.6 is 0 Å². The number of hydrogen-bond donors (Lipinski definition) is 1. The van der Waals surface area contributed by atoms with Gasteiger partial charge in [0.15, 0.2) is 0 Å². The summed E-state index contributed by atoms with van der Waals surface area (Å²) in [6.45, 7) is 1.16. The average Bonchev–Trinajstić information content (AvgIpc) is 2.75. The molecular formula is C22H22FN3O3. The molecule has 1 N–H and O–H groups in total. The Morgan fingerprint density at radius 2 is 2.00 bits per heavy atom. The zero-order chi connectivity index (χ0) is 20.2. The summed E-state index contributed by atoms with van der Waals surface area (Å²) in [6.07, 6.45) is 3.02. The fourth-order valence-electron chi connectivity index (χ4n) is 3.46. The van der Waals surface area contributed by atoms with Crippen LogP contribution in [-0.2, 0) is 0 Å². The van der Waals surface area contributed by atoms with E-state index in [2.05, 4.69) is 10.3 Å². The van der Waals surface area contributed by atoms with Gasteiger partial charge in [-0.1, -0.05) is 6.07 Å². The smallest absolute Gasteiger partial charge is 0.321 e. The van der Waals surface area contributed by atoms with Gasteiger partial charge in [0.1, 0.15) is 23.4 Å². The fourth-order valence-corrected chi connectivity index (χ4v) is 3.46. The first-order chi connectivity index (χ1) is 14.1. The summed E-state index contributed by atoms with van der Waals surface area (Å²) in [6, 6.07) is 13.3. The maximum Gasteiger partial charge on any atom is 0.321 e. The van der Waals surface area contributed by atoms with E-state index in [0.717, 1.165) is 0 Å². The highest BCUT2D eigenvalue weighted by Gasteiger charge is 2.24. The number of likely N-dealkylation sites (tertiary alicyclic amines) is 1. The van der Waals surface area contributed by atoms with Gasteiger partial charge in [0.25, 0.3) is 0 Å². The highest BCUT2D eigenvalue weighted by atomic mass is 19.1. The van der Waals surface area contributed by atoms with Gasteiger partial charge in [-0.3, -0.25) is 4.98 Å². The molecule has 0 aliphatic carbocycles. The number of nitrogens with zero attached hydrogens (tertiary/aromatic N) is 2. The Kier molecular flexibility index (Phi) is 5.46. The van der Waals surface area contributed by atoms with E-state index >= 15 is 0 Å². The van der Waals surface area contributed by atoms with E-state index in [9.17, 15) is 9.18 Å². The number of urea groups is 1. The first kappa shape index (κ1) is 19.0. The second-order valence-corrected chi connectivity index (χ2v) is 6.94. The molecule has 1 fully saturated rings. The summed E-state index contributed by atoms with van der Waals surface area (Å²) < 4.78 is 24.9. The predicted octanol–water partition coefficient (Wildman–Crippen LogP) is 4.46. The van der Waals surface area contributed by atoms with Gasteiger partial charge in [-0.2, -0.15) is 0 Å². The number of hydrogen-bond acceptors (Lipinski definition) is 4. The lowest BCUT2D eigenvalue weighted by molar-refractivity contribution is 0.117. The molecule has 4 rings (SSSR count). The van der Waals surface area contributed by atoms with Crippen LogP contribution in [0.5, 0.6) is 11.5 Å². The third-order valence-electron chi connectivity index (χ3n) is 5.01. The number of halogens is 1. The van der Waals surface area contributed by atoms with Crippen molar-refractivity contribution in [2.24, 2.45) is 0 Å². The zero-order valence-corrected chi connectivity index (χ0v) is 16.1. The number of carbonyl (C=O) groups excluding carboxylic acids is 1. The van der Waals surface area contributed by atoms with Crippen molar-refractivity contribution in [1.82, 2.24) is 9.88 Å². The van der Waals surface area contributed by atoms with Crippen LogP contribution in [0.1, 0.15) is 12.8 Å². The zero-order valence-electron chi connectivity index (χ0n) is 16.1. The third kappa shape index (κ3) is 4.39. The van der Waals surface area contributed by atoms with E-state index in [-0.39, 0.29) is 18.0 Å². The van der Waals surface area contributed by atoms with Gasteiger partial charge in [0.2, 0.25) is 0 Å². The van der Waals surface area contributed by atoms with Crippen molar-refractivity contribution in [2.45, 2.75) is 18.9 Å². The lowest BCUT2D eigenvalue weighted by Gasteiger charge is -2.32. The molecule has 2 aromatic carbocycles. The van der Waals surface area contributed by atoms with Crippen molar-refractivity contribution in [3.8, 4) is 11.5 Å². The topological polar surface area (TPSA) is 63.7 Å².